The van der Waals surface area contributed by atoms with Gasteiger partial charge in [0, 0.05) is 40.1 Å². The molecule has 3 aromatic rings. The lowest BCUT2D eigenvalue weighted by Gasteiger charge is -2.08. The van der Waals surface area contributed by atoms with E-state index < -0.39 is 17.4 Å². The van der Waals surface area contributed by atoms with Crippen LogP contribution in [0.4, 0.5) is 8.78 Å². The smallest absolute Gasteiger partial charge is 0.198 e. The number of hydrogen-bond donors (Lipinski definition) is 0. The third-order valence-electron chi connectivity index (χ3n) is 5.10. The Hall–Kier alpha value is -3.91. The molecule has 3 nitrogen and oxygen atoms in total. The van der Waals surface area contributed by atoms with Crippen LogP contribution >= 0.6 is 0 Å². The van der Waals surface area contributed by atoms with Crippen LogP contribution < -0.4 is 0 Å². The number of hydrogen-bond acceptors (Lipinski definition) is 3. The van der Waals surface area contributed by atoms with E-state index in [1.165, 1.54) is 12.1 Å². The van der Waals surface area contributed by atoms with E-state index in [4.69, 9.17) is 0 Å². The molecule has 0 amide bonds. The Morgan fingerprint density at radius 2 is 1.64 bits per heavy atom. The van der Waals surface area contributed by atoms with Crippen LogP contribution in [0.5, 0.6) is 0 Å². The fourth-order valence-corrected chi connectivity index (χ4v) is 3.99. The van der Waals surface area contributed by atoms with Crippen LogP contribution in [0, 0.1) is 23.0 Å². The summed E-state index contributed by atoms with van der Waals surface area (Å²) in [5.41, 5.74) is 4.03. The molecule has 0 saturated carbocycles. The van der Waals surface area contributed by atoms with Crippen LogP contribution in [0.15, 0.2) is 66.4 Å². The van der Waals surface area contributed by atoms with Crippen molar-refractivity contribution in [3.05, 3.63) is 100 Å². The third kappa shape index (κ3) is 2.00. The predicted octanol–water partition coefficient (Wildman–Crippen LogP) is 4.95. The van der Waals surface area contributed by atoms with Gasteiger partial charge in [0.2, 0.25) is 0 Å². The zero-order valence-corrected chi connectivity index (χ0v) is 14.3. The highest BCUT2D eigenvalue weighted by Gasteiger charge is 2.39. The Kier molecular flexibility index (Phi) is 3.37. The molecule has 0 bridgehead atoms. The molecule has 28 heavy (non-hydrogen) atoms. The average molecular weight is 368 g/mol. The molecule has 5 heteroatoms. The zero-order chi connectivity index (χ0) is 19.4. The van der Waals surface area contributed by atoms with Gasteiger partial charge in [0.1, 0.15) is 0 Å². The normalized spacial score (nSPS) is 18.0. The van der Waals surface area contributed by atoms with Crippen molar-refractivity contribution in [2.45, 2.75) is 0 Å². The van der Waals surface area contributed by atoms with Gasteiger partial charge in [-0.15, -0.1) is 0 Å². The van der Waals surface area contributed by atoms with Crippen molar-refractivity contribution in [1.82, 2.24) is 4.98 Å². The second-order valence-corrected chi connectivity index (χ2v) is 6.50. The largest absolute Gasteiger partial charge is 0.288 e. The number of fused-ring (bicyclic) bond motifs is 4. The second kappa shape index (κ2) is 5.80. The van der Waals surface area contributed by atoms with Gasteiger partial charge >= 0.3 is 0 Å². The molecule has 132 valence electrons. The number of Topliss-reactive ketones (excluding diaryl/α,β-unsaturated/α-hetero) is 1. The zero-order valence-electron chi connectivity index (χ0n) is 14.3. The summed E-state index contributed by atoms with van der Waals surface area (Å²) in [6.45, 7) is 0. The molecule has 5 rings (SSSR count). The molecule has 0 N–H and O–H groups in total. The third-order valence-corrected chi connectivity index (χ3v) is 5.10. The summed E-state index contributed by atoms with van der Waals surface area (Å²) in [5, 5.41) is 9.27. The summed E-state index contributed by atoms with van der Waals surface area (Å²) in [6.07, 6.45) is 2.87. The van der Waals surface area contributed by atoms with Gasteiger partial charge in [0.25, 0.3) is 0 Å². The number of carbonyl (C=O) groups is 1. The van der Waals surface area contributed by atoms with E-state index in [2.05, 4.69) is 4.98 Å². The van der Waals surface area contributed by atoms with Crippen molar-refractivity contribution in [2.75, 3.05) is 0 Å². The first-order chi connectivity index (χ1) is 13.6. The first-order valence-corrected chi connectivity index (χ1v) is 8.56. The van der Waals surface area contributed by atoms with Crippen LogP contribution in [0.25, 0.3) is 22.4 Å². The number of aromatic nitrogens is 1. The first-order valence-electron chi connectivity index (χ1n) is 8.56. The molecule has 0 radical (unpaired) electrons. The predicted molar refractivity (Wildman–Crippen MR) is 100.0 cm³/mol. The van der Waals surface area contributed by atoms with Gasteiger partial charge < -0.3 is 0 Å². The van der Waals surface area contributed by atoms with Gasteiger partial charge in [0.05, 0.1) is 17.3 Å². The highest BCUT2D eigenvalue weighted by Crippen LogP contribution is 2.50. The van der Waals surface area contributed by atoms with Crippen LogP contribution in [-0.2, 0) is 0 Å². The van der Waals surface area contributed by atoms with E-state index in [1.807, 2.05) is 36.4 Å². The highest BCUT2D eigenvalue weighted by molar-refractivity contribution is 6.32. The maximum Gasteiger partial charge on any atom is 0.198 e. The van der Waals surface area contributed by atoms with E-state index in [0.29, 0.717) is 16.8 Å². The minimum atomic E-state index is -1.19. The highest BCUT2D eigenvalue weighted by atomic mass is 19.2. The summed E-state index contributed by atoms with van der Waals surface area (Å²) >= 11 is 0. The van der Waals surface area contributed by atoms with E-state index in [-0.39, 0.29) is 16.7 Å². The van der Waals surface area contributed by atoms with Gasteiger partial charge in [-0.25, -0.2) is 8.78 Å². The number of benzene rings is 2. The van der Waals surface area contributed by atoms with Crippen LogP contribution in [0.2, 0.25) is 0 Å². The molecular formula is C23H10F2N2O. The Morgan fingerprint density at radius 1 is 0.893 bits per heavy atom. The van der Waals surface area contributed by atoms with Crippen molar-refractivity contribution in [1.29, 1.82) is 5.26 Å². The molecular weight excluding hydrogens is 358 g/mol. The minimum Gasteiger partial charge on any atom is -0.288 e. The Bertz CT molecular complexity index is 1260. The standard InChI is InChI=1S/C23H10F2N2O/c24-17-8-7-13-14(9-10-26)19(23(28)20(13)21(17)25)18-12-4-1-2-5-15(12)22-16(18)6-3-11-27-22/h1-9,11H/b14-9+,19-18-. The summed E-state index contributed by atoms with van der Waals surface area (Å²) in [5.74, 6) is -2.92. The number of halogens is 2. The molecule has 1 aromatic heterocycles. The summed E-state index contributed by atoms with van der Waals surface area (Å²) in [4.78, 5) is 17.7. The molecule has 2 aliphatic carbocycles. The van der Waals surface area contributed by atoms with E-state index >= 15 is 0 Å². The van der Waals surface area contributed by atoms with Gasteiger partial charge in [-0.3, -0.25) is 9.78 Å². The van der Waals surface area contributed by atoms with Crippen LogP contribution in [0.3, 0.4) is 0 Å². The Morgan fingerprint density at radius 3 is 2.43 bits per heavy atom. The summed E-state index contributed by atoms with van der Waals surface area (Å²) < 4.78 is 28.3. The fraction of sp³-hybridized carbons (Fsp3) is 0. The number of allylic oxidation sites excluding steroid dienone is 3. The van der Waals surface area contributed by atoms with E-state index in [0.717, 1.165) is 22.8 Å². The number of pyridine rings is 1. The Balaban J connectivity index is 1.93. The van der Waals surface area contributed by atoms with Gasteiger partial charge in [0.15, 0.2) is 17.4 Å². The lowest BCUT2D eigenvalue weighted by atomic mass is 9.93. The Labute approximate surface area is 158 Å². The van der Waals surface area contributed by atoms with Crippen molar-refractivity contribution in [3.8, 4) is 17.3 Å². The summed E-state index contributed by atoms with van der Waals surface area (Å²) in [7, 11) is 0. The molecule has 0 atom stereocenters. The number of rotatable bonds is 0. The number of nitrogens with zero attached hydrogens (tertiary/aromatic N) is 2. The number of carbonyl (C=O) groups excluding carboxylic acids is 1. The van der Waals surface area contributed by atoms with Gasteiger partial charge in [-0.2, -0.15) is 5.26 Å². The topological polar surface area (TPSA) is 53.8 Å². The quantitative estimate of drug-likeness (QED) is 0.326. The van der Waals surface area contributed by atoms with Crippen LogP contribution in [-0.4, -0.2) is 10.8 Å². The monoisotopic (exact) mass is 368 g/mol. The second-order valence-electron chi connectivity index (χ2n) is 6.50. The molecule has 0 aliphatic heterocycles. The molecule has 0 unspecified atom stereocenters. The lowest BCUT2D eigenvalue weighted by molar-refractivity contribution is 0.103. The maximum absolute atomic E-state index is 14.5. The molecule has 0 fully saturated rings. The molecule has 1 heterocycles. The van der Waals surface area contributed by atoms with E-state index in [9.17, 15) is 18.8 Å². The number of ketones is 1. The number of nitriles is 1. The first kappa shape index (κ1) is 16.3. The van der Waals surface area contributed by atoms with Gasteiger partial charge in [-0.05, 0) is 23.3 Å². The van der Waals surface area contributed by atoms with Gasteiger partial charge in [-0.1, -0.05) is 36.4 Å². The minimum absolute atomic E-state index is 0.195. The van der Waals surface area contributed by atoms with Crippen molar-refractivity contribution < 1.29 is 13.6 Å². The van der Waals surface area contributed by atoms with Crippen molar-refractivity contribution in [2.24, 2.45) is 0 Å². The maximum atomic E-state index is 14.5. The van der Waals surface area contributed by atoms with E-state index in [1.54, 1.807) is 12.3 Å². The lowest BCUT2D eigenvalue weighted by Crippen LogP contribution is -2.03. The van der Waals surface area contributed by atoms with Crippen molar-refractivity contribution in [3.63, 3.8) is 0 Å². The molecule has 2 aliphatic rings. The molecule has 2 aromatic carbocycles. The fourth-order valence-electron chi connectivity index (χ4n) is 3.99. The summed E-state index contributed by atoms with van der Waals surface area (Å²) in [6, 6.07) is 15.3. The molecule has 0 spiro atoms. The molecule has 0 saturated heterocycles. The SMILES string of the molecule is N#C/C=C1/C(=C2\c3ccccc3-c3ncccc32)C(=O)c2c1ccc(F)c2F. The van der Waals surface area contributed by atoms with Crippen LogP contribution in [0.1, 0.15) is 27.0 Å². The van der Waals surface area contributed by atoms with Crippen molar-refractivity contribution >= 4 is 16.9 Å². The average Bonchev–Trinajstić information content (AvgIpc) is 3.18.